The number of aryl methyl sites for hydroxylation is 1. The summed E-state index contributed by atoms with van der Waals surface area (Å²) in [6.45, 7) is 2.84. The molecule has 0 bridgehead atoms. The molecule has 4 rings (SSSR count). The highest BCUT2D eigenvalue weighted by atomic mass is 32.2. The van der Waals surface area contributed by atoms with Crippen LogP contribution in [-0.2, 0) is 11.8 Å². The molecule has 0 saturated carbocycles. The molecule has 0 radical (unpaired) electrons. The lowest BCUT2D eigenvalue weighted by Crippen LogP contribution is -2.41. The molecule has 0 unspecified atom stereocenters. The number of carbonyl (C=O) groups is 1. The fourth-order valence-corrected chi connectivity index (χ4v) is 3.81. The Hall–Kier alpha value is -3.00. The molecule has 1 N–H and O–H groups in total. The number of nitrogens with one attached hydrogen (secondary N) is 1. The van der Waals surface area contributed by atoms with Crippen LogP contribution in [0.4, 0.5) is 0 Å². The predicted molar refractivity (Wildman–Crippen MR) is 111 cm³/mol. The van der Waals surface area contributed by atoms with Crippen LogP contribution in [0.25, 0.3) is 11.4 Å². The molecule has 1 amide bonds. The second kappa shape index (κ2) is 8.57. The van der Waals surface area contributed by atoms with E-state index in [0.29, 0.717) is 24.1 Å². The topological polar surface area (TPSA) is 78.3 Å². The summed E-state index contributed by atoms with van der Waals surface area (Å²) in [5, 5.41) is 12.1. The van der Waals surface area contributed by atoms with E-state index in [0.717, 1.165) is 22.7 Å². The molecule has 3 aromatic rings. The van der Waals surface area contributed by atoms with Crippen molar-refractivity contribution in [2.75, 3.05) is 18.9 Å². The zero-order valence-electron chi connectivity index (χ0n) is 16.3. The zero-order valence-corrected chi connectivity index (χ0v) is 17.1. The van der Waals surface area contributed by atoms with Gasteiger partial charge in [0.15, 0.2) is 22.5 Å². The first kappa shape index (κ1) is 19.3. The molecule has 0 saturated heterocycles. The number of amides is 1. The lowest BCUT2D eigenvalue weighted by molar-refractivity contribution is -0.119. The Labute approximate surface area is 173 Å². The van der Waals surface area contributed by atoms with E-state index in [2.05, 4.69) is 15.5 Å². The summed E-state index contributed by atoms with van der Waals surface area (Å²) in [5.74, 6) is 2.40. The number of nitrogens with zero attached hydrogens (tertiary/aromatic N) is 3. The molecule has 150 valence electrons. The first-order valence-electron chi connectivity index (χ1n) is 9.35. The van der Waals surface area contributed by atoms with E-state index in [1.807, 2.05) is 67.1 Å². The summed E-state index contributed by atoms with van der Waals surface area (Å²) >= 11 is 1.36. The number of rotatable bonds is 6. The van der Waals surface area contributed by atoms with E-state index in [4.69, 9.17) is 9.47 Å². The van der Waals surface area contributed by atoms with Crippen LogP contribution in [0.3, 0.4) is 0 Å². The van der Waals surface area contributed by atoms with Crippen molar-refractivity contribution in [3.05, 3.63) is 54.1 Å². The van der Waals surface area contributed by atoms with E-state index in [1.54, 1.807) is 0 Å². The van der Waals surface area contributed by atoms with Crippen LogP contribution in [0, 0.1) is 6.92 Å². The molecule has 1 aromatic heterocycles. The van der Waals surface area contributed by atoms with E-state index >= 15 is 0 Å². The third kappa shape index (κ3) is 4.37. The third-order valence-corrected chi connectivity index (χ3v) is 5.67. The van der Waals surface area contributed by atoms with Gasteiger partial charge in [-0.15, -0.1) is 10.2 Å². The summed E-state index contributed by atoms with van der Waals surface area (Å²) in [7, 11) is 1.91. The van der Waals surface area contributed by atoms with Crippen LogP contribution in [0.2, 0.25) is 0 Å². The molecule has 1 aliphatic rings. The van der Waals surface area contributed by atoms with Gasteiger partial charge in [-0.1, -0.05) is 48.2 Å². The van der Waals surface area contributed by atoms with Gasteiger partial charge < -0.3 is 19.4 Å². The largest absolute Gasteiger partial charge is 0.486 e. The number of benzene rings is 2. The van der Waals surface area contributed by atoms with Crippen LogP contribution >= 0.6 is 11.8 Å². The van der Waals surface area contributed by atoms with Crippen LogP contribution in [0.15, 0.2) is 53.7 Å². The Morgan fingerprint density at radius 3 is 2.76 bits per heavy atom. The van der Waals surface area contributed by atoms with Gasteiger partial charge in [0.05, 0.1) is 12.3 Å². The summed E-state index contributed by atoms with van der Waals surface area (Å²) < 4.78 is 13.4. The molecule has 0 spiro atoms. The summed E-state index contributed by atoms with van der Waals surface area (Å²) in [6, 6.07) is 15.6. The third-order valence-electron chi connectivity index (χ3n) is 4.65. The van der Waals surface area contributed by atoms with Crippen molar-refractivity contribution < 1.29 is 14.3 Å². The molecule has 0 aliphatic carbocycles. The maximum Gasteiger partial charge on any atom is 0.230 e. The average molecular weight is 410 g/mol. The van der Waals surface area contributed by atoms with E-state index < -0.39 is 0 Å². The molecule has 7 nitrogen and oxygen atoms in total. The fraction of sp³-hybridized carbons (Fsp3) is 0.286. The van der Waals surface area contributed by atoms with Gasteiger partial charge in [-0.3, -0.25) is 4.79 Å². The number of fused-ring (bicyclic) bond motifs is 1. The Morgan fingerprint density at radius 2 is 1.93 bits per heavy atom. The standard InChI is InChI=1S/C21H22N4O3S/c1-14-7-3-4-8-16(14)20-23-24-21(25(20)2)29-13-19(26)22-11-15-12-27-17-9-5-6-10-18(17)28-15/h3-10,15H,11-13H2,1-2H3,(H,22,26)/t15-/m1/s1. The monoisotopic (exact) mass is 410 g/mol. The van der Waals surface area contributed by atoms with Crippen molar-refractivity contribution in [2.45, 2.75) is 18.2 Å². The second-order valence-corrected chi connectivity index (χ2v) is 7.71. The molecule has 29 heavy (non-hydrogen) atoms. The minimum absolute atomic E-state index is 0.0853. The first-order valence-corrected chi connectivity index (χ1v) is 10.3. The van der Waals surface area contributed by atoms with Gasteiger partial charge in [0.25, 0.3) is 0 Å². The Morgan fingerprint density at radius 1 is 1.17 bits per heavy atom. The molecule has 1 aliphatic heterocycles. The van der Waals surface area contributed by atoms with Gasteiger partial charge in [-0.2, -0.15) is 0 Å². The highest BCUT2D eigenvalue weighted by Crippen LogP contribution is 2.30. The van der Waals surface area contributed by atoms with Gasteiger partial charge in [0.1, 0.15) is 12.7 Å². The van der Waals surface area contributed by atoms with Crippen LogP contribution in [0.1, 0.15) is 5.56 Å². The zero-order chi connectivity index (χ0) is 20.2. The number of ether oxygens (including phenoxy) is 2. The van der Waals surface area contributed by atoms with Crippen LogP contribution in [-0.4, -0.2) is 45.7 Å². The highest BCUT2D eigenvalue weighted by molar-refractivity contribution is 7.99. The predicted octanol–water partition coefficient (Wildman–Crippen LogP) is 2.84. The number of para-hydroxylation sites is 2. The van der Waals surface area contributed by atoms with Gasteiger partial charge in [-0.05, 0) is 24.6 Å². The normalized spacial score (nSPS) is 15.2. The van der Waals surface area contributed by atoms with Crippen molar-refractivity contribution in [2.24, 2.45) is 7.05 Å². The van der Waals surface area contributed by atoms with Crippen molar-refractivity contribution >= 4 is 17.7 Å². The van der Waals surface area contributed by atoms with Crippen LogP contribution in [0.5, 0.6) is 11.5 Å². The van der Waals surface area contributed by atoms with Gasteiger partial charge in [0, 0.05) is 12.6 Å². The lowest BCUT2D eigenvalue weighted by atomic mass is 10.1. The van der Waals surface area contributed by atoms with Crippen molar-refractivity contribution in [1.82, 2.24) is 20.1 Å². The summed E-state index contributed by atoms with van der Waals surface area (Å²) in [4.78, 5) is 12.3. The van der Waals surface area contributed by atoms with Gasteiger partial charge in [0.2, 0.25) is 5.91 Å². The van der Waals surface area contributed by atoms with E-state index in [9.17, 15) is 4.79 Å². The molecule has 0 fully saturated rings. The number of aromatic nitrogens is 3. The van der Waals surface area contributed by atoms with Crippen molar-refractivity contribution in [3.63, 3.8) is 0 Å². The number of thioether (sulfide) groups is 1. The SMILES string of the molecule is Cc1ccccc1-c1nnc(SCC(=O)NC[C@@H]2COc3ccccc3O2)n1C. The second-order valence-electron chi connectivity index (χ2n) is 6.77. The quantitative estimate of drug-likeness (QED) is 0.630. The minimum atomic E-state index is -0.207. The summed E-state index contributed by atoms with van der Waals surface area (Å²) in [6.07, 6.45) is -0.207. The molecule has 2 aromatic carbocycles. The van der Waals surface area contributed by atoms with Gasteiger partial charge >= 0.3 is 0 Å². The maximum absolute atomic E-state index is 12.3. The molecule has 2 heterocycles. The van der Waals surface area contributed by atoms with E-state index in [-0.39, 0.29) is 17.8 Å². The van der Waals surface area contributed by atoms with Crippen molar-refractivity contribution in [1.29, 1.82) is 0 Å². The van der Waals surface area contributed by atoms with E-state index in [1.165, 1.54) is 11.8 Å². The Balaban J connectivity index is 1.29. The first-order chi connectivity index (χ1) is 14.1. The van der Waals surface area contributed by atoms with Crippen LogP contribution < -0.4 is 14.8 Å². The molecular formula is C21H22N4O3S. The molecule has 1 atom stereocenters. The smallest absolute Gasteiger partial charge is 0.230 e. The molecule has 8 heteroatoms. The number of hydrogen-bond acceptors (Lipinski definition) is 6. The van der Waals surface area contributed by atoms with Crippen molar-refractivity contribution in [3.8, 4) is 22.9 Å². The summed E-state index contributed by atoms with van der Waals surface area (Å²) in [5.41, 5.74) is 2.17. The number of carbonyl (C=O) groups excluding carboxylic acids is 1. The maximum atomic E-state index is 12.3. The average Bonchev–Trinajstić information content (AvgIpc) is 3.11. The highest BCUT2D eigenvalue weighted by Gasteiger charge is 2.21. The van der Waals surface area contributed by atoms with Gasteiger partial charge in [-0.25, -0.2) is 0 Å². The fourth-order valence-electron chi connectivity index (χ4n) is 3.07. The lowest BCUT2D eigenvalue weighted by Gasteiger charge is -2.26. The molecular weight excluding hydrogens is 388 g/mol. The Kier molecular flexibility index (Phi) is 5.71. The Bertz CT molecular complexity index is 1020. The number of hydrogen-bond donors (Lipinski definition) is 1. The minimum Gasteiger partial charge on any atom is -0.486 e.